The van der Waals surface area contributed by atoms with Crippen LogP contribution in [0.15, 0.2) is 18.2 Å². The smallest absolute Gasteiger partial charge is 0.213 e. The number of hydrogen-bond donors (Lipinski definition) is 1. The largest absolute Gasteiger partial charge is 0.472 e. The van der Waals surface area contributed by atoms with Crippen LogP contribution in [0.5, 0.6) is 5.88 Å². The molecule has 0 saturated heterocycles. The van der Waals surface area contributed by atoms with Crippen molar-refractivity contribution in [1.82, 2.24) is 4.98 Å². The van der Waals surface area contributed by atoms with E-state index in [1.54, 1.807) is 0 Å². The molecular weight excluding hydrogens is 178 g/mol. The van der Waals surface area contributed by atoms with Gasteiger partial charge in [0.2, 0.25) is 5.88 Å². The first-order valence-corrected chi connectivity index (χ1v) is 5.04. The SMILES string of the molecule is Cc1cccc(OC2CCCC2O)n1. The van der Waals surface area contributed by atoms with E-state index in [1.807, 2.05) is 25.1 Å². The van der Waals surface area contributed by atoms with Gasteiger partial charge in [0.15, 0.2) is 0 Å². The molecule has 1 aromatic rings. The molecule has 0 aromatic carbocycles. The van der Waals surface area contributed by atoms with Gasteiger partial charge in [0.05, 0.1) is 6.10 Å². The van der Waals surface area contributed by atoms with Crippen molar-refractivity contribution in [1.29, 1.82) is 0 Å². The Hall–Kier alpha value is -1.09. The van der Waals surface area contributed by atoms with Gasteiger partial charge in [-0.25, -0.2) is 4.98 Å². The normalized spacial score (nSPS) is 26.4. The van der Waals surface area contributed by atoms with E-state index in [2.05, 4.69) is 4.98 Å². The zero-order valence-electron chi connectivity index (χ0n) is 8.31. The molecule has 2 unspecified atom stereocenters. The lowest BCUT2D eigenvalue weighted by Gasteiger charge is -2.16. The standard InChI is InChI=1S/C11H15NO2/c1-8-4-2-7-11(12-8)14-10-6-3-5-9(10)13/h2,4,7,9-10,13H,3,5-6H2,1H3. The molecular formula is C11H15NO2. The topological polar surface area (TPSA) is 42.4 Å². The predicted octanol–water partition coefficient (Wildman–Crippen LogP) is 1.68. The van der Waals surface area contributed by atoms with Crippen LogP contribution in [0.25, 0.3) is 0 Å². The van der Waals surface area contributed by atoms with Crippen molar-refractivity contribution in [2.24, 2.45) is 0 Å². The van der Waals surface area contributed by atoms with E-state index in [0.717, 1.165) is 25.0 Å². The monoisotopic (exact) mass is 193 g/mol. The highest BCUT2D eigenvalue weighted by Gasteiger charge is 2.27. The Bertz CT molecular complexity index is 314. The maximum Gasteiger partial charge on any atom is 0.213 e. The van der Waals surface area contributed by atoms with E-state index in [-0.39, 0.29) is 12.2 Å². The van der Waals surface area contributed by atoms with Crippen LogP contribution in [0.4, 0.5) is 0 Å². The fourth-order valence-corrected chi connectivity index (χ4v) is 1.78. The van der Waals surface area contributed by atoms with Crippen LogP contribution in [0.3, 0.4) is 0 Å². The van der Waals surface area contributed by atoms with Crippen molar-refractivity contribution in [3.05, 3.63) is 23.9 Å². The average molecular weight is 193 g/mol. The molecule has 1 aromatic heterocycles. The van der Waals surface area contributed by atoms with Crippen molar-refractivity contribution in [3.63, 3.8) is 0 Å². The van der Waals surface area contributed by atoms with E-state index in [4.69, 9.17) is 4.74 Å². The molecule has 1 saturated carbocycles. The highest BCUT2D eigenvalue weighted by Crippen LogP contribution is 2.23. The van der Waals surface area contributed by atoms with Crippen molar-refractivity contribution in [3.8, 4) is 5.88 Å². The molecule has 1 fully saturated rings. The first-order valence-electron chi connectivity index (χ1n) is 5.04. The summed E-state index contributed by atoms with van der Waals surface area (Å²) in [5, 5.41) is 9.57. The van der Waals surface area contributed by atoms with Crippen LogP contribution in [-0.2, 0) is 0 Å². The zero-order chi connectivity index (χ0) is 9.97. The summed E-state index contributed by atoms with van der Waals surface area (Å²) in [6, 6.07) is 5.68. The first kappa shape index (κ1) is 9.46. The van der Waals surface area contributed by atoms with E-state index in [1.165, 1.54) is 0 Å². The summed E-state index contributed by atoms with van der Waals surface area (Å²) >= 11 is 0. The maximum absolute atomic E-state index is 9.57. The second kappa shape index (κ2) is 3.96. The molecule has 1 aliphatic rings. The molecule has 2 atom stereocenters. The highest BCUT2D eigenvalue weighted by atomic mass is 16.5. The van der Waals surface area contributed by atoms with Gasteiger partial charge in [0.1, 0.15) is 6.10 Å². The van der Waals surface area contributed by atoms with Gasteiger partial charge < -0.3 is 9.84 Å². The minimum absolute atomic E-state index is 0.0655. The lowest BCUT2D eigenvalue weighted by atomic mass is 10.2. The number of aliphatic hydroxyl groups is 1. The minimum Gasteiger partial charge on any atom is -0.472 e. The van der Waals surface area contributed by atoms with Gasteiger partial charge in [-0.2, -0.15) is 0 Å². The van der Waals surface area contributed by atoms with Crippen molar-refractivity contribution in [2.45, 2.75) is 38.4 Å². The highest BCUT2D eigenvalue weighted by molar-refractivity contribution is 5.15. The number of hydrogen-bond acceptors (Lipinski definition) is 3. The van der Waals surface area contributed by atoms with Crippen LogP contribution >= 0.6 is 0 Å². The summed E-state index contributed by atoms with van der Waals surface area (Å²) < 4.78 is 5.61. The van der Waals surface area contributed by atoms with Gasteiger partial charge in [-0.05, 0) is 32.3 Å². The van der Waals surface area contributed by atoms with Crippen molar-refractivity contribution < 1.29 is 9.84 Å². The van der Waals surface area contributed by atoms with Crippen molar-refractivity contribution in [2.75, 3.05) is 0 Å². The molecule has 0 bridgehead atoms. The molecule has 14 heavy (non-hydrogen) atoms. The Morgan fingerprint density at radius 3 is 2.93 bits per heavy atom. The third-order valence-corrected chi connectivity index (χ3v) is 2.55. The minimum atomic E-state index is -0.322. The molecule has 2 rings (SSSR count). The molecule has 76 valence electrons. The molecule has 0 spiro atoms. The molecule has 3 heteroatoms. The number of rotatable bonds is 2. The third kappa shape index (κ3) is 2.04. The number of aryl methyl sites for hydroxylation is 1. The van der Waals surface area contributed by atoms with E-state index < -0.39 is 0 Å². The first-order chi connectivity index (χ1) is 6.75. The fraction of sp³-hybridized carbons (Fsp3) is 0.545. The van der Waals surface area contributed by atoms with E-state index in [9.17, 15) is 5.11 Å². The van der Waals surface area contributed by atoms with E-state index >= 15 is 0 Å². The molecule has 1 aliphatic carbocycles. The number of nitrogens with zero attached hydrogens (tertiary/aromatic N) is 1. The number of aliphatic hydroxyl groups excluding tert-OH is 1. The number of pyridine rings is 1. The summed E-state index contributed by atoms with van der Waals surface area (Å²) in [5.41, 5.74) is 0.940. The Balaban J connectivity index is 2.03. The average Bonchev–Trinajstić information content (AvgIpc) is 2.52. The van der Waals surface area contributed by atoms with Crippen LogP contribution in [0.1, 0.15) is 25.0 Å². The second-order valence-electron chi connectivity index (χ2n) is 3.77. The Kier molecular flexibility index (Phi) is 2.68. The van der Waals surface area contributed by atoms with Gasteiger partial charge in [-0.1, -0.05) is 6.07 Å². The molecule has 0 aliphatic heterocycles. The number of ether oxygens (including phenoxy) is 1. The van der Waals surface area contributed by atoms with E-state index in [0.29, 0.717) is 5.88 Å². The van der Waals surface area contributed by atoms with Crippen LogP contribution in [-0.4, -0.2) is 22.3 Å². The van der Waals surface area contributed by atoms with Crippen molar-refractivity contribution >= 4 is 0 Å². The van der Waals surface area contributed by atoms with Gasteiger partial charge in [0, 0.05) is 11.8 Å². The van der Waals surface area contributed by atoms with Gasteiger partial charge >= 0.3 is 0 Å². The Morgan fingerprint density at radius 2 is 2.29 bits per heavy atom. The molecule has 3 nitrogen and oxygen atoms in total. The van der Waals surface area contributed by atoms with Gasteiger partial charge in [-0.3, -0.25) is 0 Å². The quantitative estimate of drug-likeness (QED) is 0.777. The maximum atomic E-state index is 9.57. The molecule has 0 radical (unpaired) electrons. The second-order valence-corrected chi connectivity index (χ2v) is 3.77. The van der Waals surface area contributed by atoms with Gasteiger partial charge in [0.25, 0.3) is 0 Å². The number of aromatic nitrogens is 1. The van der Waals surface area contributed by atoms with Crippen LogP contribution in [0, 0.1) is 6.92 Å². The summed E-state index contributed by atoms with van der Waals surface area (Å²) in [7, 11) is 0. The molecule has 1 heterocycles. The fourth-order valence-electron chi connectivity index (χ4n) is 1.78. The summed E-state index contributed by atoms with van der Waals surface area (Å²) in [5.74, 6) is 0.621. The summed E-state index contributed by atoms with van der Waals surface area (Å²) in [6.07, 6.45) is 2.42. The van der Waals surface area contributed by atoms with Crippen LogP contribution < -0.4 is 4.74 Å². The summed E-state index contributed by atoms with van der Waals surface area (Å²) in [4.78, 5) is 4.24. The molecule has 1 N–H and O–H groups in total. The third-order valence-electron chi connectivity index (χ3n) is 2.55. The Labute approximate surface area is 83.7 Å². The molecule has 0 amide bonds. The van der Waals surface area contributed by atoms with Crippen LogP contribution in [0.2, 0.25) is 0 Å². The lowest BCUT2D eigenvalue weighted by molar-refractivity contribution is 0.0573. The Morgan fingerprint density at radius 1 is 1.43 bits per heavy atom. The summed E-state index contributed by atoms with van der Waals surface area (Å²) in [6.45, 7) is 1.93. The van der Waals surface area contributed by atoms with Gasteiger partial charge in [-0.15, -0.1) is 0 Å². The lowest BCUT2D eigenvalue weighted by Crippen LogP contribution is -2.26. The zero-order valence-corrected chi connectivity index (χ0v) is 8.31. The predicted molar refractivity (Wildman–Crippen MR) is 53.2 cm³/mol.